The molecule has 0 bridgehead atoms. The van der Waals surface area contributed by atoms with Gasteiger partial charge in [0.25, 0.3) is 0 Å². The van der Waals surface area contributed by atoms with E-state index in [4.69, 9.17) is 0 Å². The topological polar surface area (TPSA) is 67.9 Å². The van der Waals surface area contributed by atoms with E-state index in [1.165, 1.54) is 0 Å². The largest absolute Gasteiger partial charge is 0.598 e. The van der Waals surface area contributed by atoms with E-state index >= 15 is 0 Å². The average molecular weight is 242 g/mol. The molecule has 0 amide bonds. The van der Waals surface area contributed by atoms with E-state index in [1.54, 1.807) is 6.07 Å². The molecule has 0 spiro atoms. The maximum absolute atomic E-state index is 11.4. The number of aromatic nitrogens is 1. The molecular formula is C11H18N2O2S. The van der Waals surface area contributed by atoms with Crippen molar-refractivity contribution < 1.29 is 4.55 Å². The summed E-state index contributed by atoms with van der Waals surface area (Å²) in [5, 5.41) is 0.112. The molecule has 2 N–H and O–H groups in total. The molecule has 1 aromatic rings. The maximum Gasteiger partial charge on any atom is 0.248 e. The number of rotatable bonds is 5. The zero-order chi connectivity index (χ0) is 12.1. The van der Waals surface area contributed by atoms with E-state index in [0.29, 0.717) is 13.0 Å². The van der Waals surface area contributed by atoms with Gasteiger partial charge in [-0.05, 0) is 38.8 Å². The number of H-pyrrole nitrogens is 1. The molecule has 0 saturated heterocycles. The standard InChI is InChI=1S/C11H18N2O2S/c1-8(2)16(15)12-5-4-10-6-9(3)13-11(14)7-10/h6-8,12H,4-5H2,1-3H3,(H,13,14). The van der Waals surface area contributed by atoms with Crippen molar-refractivity contribution >= 4 is 11.4 Å². The molecule has 0 radical (unpaired) electrons. The van der Waals surface area contributed by atoms with Crippen molar-refractivity contribution in [1.82, 2.24) is 9.71 Å². The van der Waals surface area contributed by atoms with Crippen LogP contribution in [0.25, 0.3) is 0 Å². The third-order valence-electron chi connectivity index (χ3n) is 2.12. The summed E-state index contributed by atoms with van der Waals surface area (Å²) < 4.78 is 14.3. The Labute approximate surface area is 98.8 Å². The summed E-state index contributed by atoms with van der Waals surface area (Å²) in [5.74, 6) is 0. The van der Waals surface area contributed by atoms with Gasteiger partial charge in [-0.15, -0.1) is 4.72 Å². The molecule has 16 heavy (non-hydrogen) atoms. The number of hydrogen-bond acceptors (Lipinski definition) is 3. The molecule has 1 aromatic heterocycles. The predicted molar refractivity (Wildman–Crippen MR) is 66.8 cm³/mol. The molecule has 90 valence electrons. The first-order chi connectivity index (χ1) is 7.49. The van der Waals surface area contributed by atoms with Crippen LogP contribution < -0.4 is 10.3 Å². The van der Waals surface area contributed by atoms with Crippen LogP contribution in [0.4, 0.5) is 0 Å². The predicted octanol–water partition coefficient (Wildman–Crippen LogP) is 0.888. The Bertz CT molecular complexity index is 390. The Hall–Kier alpha value is -0.780. The average Bonchev–Trinajstić information content (AvgIpc) is 2.15. The number of pyridine rings is 1. The second kappa shape index (κ2) is 6.08. The highest BCUT2D eigenvalue weighted by Gasteiger charge is 2.10. The van der Waals surface area contributed by atoms with Crippen LogP contribution in [0.5, 0.6) is 0 Å². The second-order valence-electron chi connectivity index (χ2n) is 4.03. The van der Waals surface area contributed by atoms with E-state index in [0.717, 1.165) is 11.3 Å². The van der Waals surface area contributed by atoms with Gasteiger partial charge >= 0.3 is 0 Å². The van der Waals surface area contributed by atoms with E-state index in [9.17, 15) is 9.35 Å². The fourth-order valence-electron chi connectivity index (χ4n) is 1.36. The van der Waals surface area contributed by atoms with Crippen LogP contribution in [0, 0.1) is 6.92 Å². The van der Waals surface area contributed by atoms with Crippen molar-refractivity contribution in [2.24, 2.45) is 0 Å². The number of hydrogen-bond donors (Lipinski definition) is 2. The van der Waals surface area contributed by atoms with Crippen LogP contribution in [-0.2, 0) is 17.8 Å². The lowest BCUT2D eigenvalue weighted by atomic mass is 10.2. The Balaban J connectivity index is 2.46. The first-order valence-corrected chi connectivity index (χ1v) is 6.54. The van der Waals surface area contributed by atoms with Gasteiger partial charge in [-0.25, -0.2) is 0 Å². The molecule has 0 aliphatic heterocycles. The van der Waals surface area contributed by atoms with E-state index in [1.807, 2.05) is 26.8 Å². The molecule has 0 aromatic carbocycles. The van der Waals surface area contributed by atoms with Gasteiger partial charge < -0.3 is 9.54 Å². The molecule has 1 unspecified atom stereocenters. The van der Waals surface area contributed by atoms with Gasteiger partial charge in [-0.2, -0.15) is 0 Å². The van der Waals surface area contributed by atoms with E-state index < -0.39 is 11.4 Å². The summed E-state index contributed by atoms with van der Waals surface area (Å²) in [4.78, 5) is 13.9. The van der Waals surface area contributed by atoms with Crippen molar-refractivity contribution in [3.05, 3.63) is 33.7 Å². The van der Waals surface area contributed by atoms with Crippen molar-refractivity contribution in [1.29, 1.82) is 0 Å². The molecule has 1 rings (SSSR count). The van der Waals surface area contributed by atoms with Crippen LogP contribution in [0.1, 0.15) is 25.1 Å². The lowest BCUT2D eigenvalue weighted by Gasteiger charge is -2.14. The van der Waals surface area contributed by atoms with Gasteiger partial charge in [0.05, 0.1) is 0 Å². The molecule has 1 atom stereocenters. The fourth-order valence-corrected chi connectivity index (χ4v) is 2.00. The number of aryl methyl sites for hydroxylation is 1. The minimum absolute atomic E-state index is 0.0833. The summed E-state index contributed by atoms with van der Waals surface area (Å²) in [6.45, 7) is 6.28. The van der Waals surface area contributed by atoms with Crippen molar-refractivity contribution in [2.45, 2.75) is 32.4 Å². The summed E-state index contributed by atoms with van der Waals surface area (Å²) in [6, 6.07) is 3.51. The minimum Gasteiger partial charge on any atom is -0.598 e. The Morgan fingerprint density at radius 1 is 1.50 bits per heavy atom. The molecule has 0 aliphatic carbocycles. The first-order valence-electron chi connectivity index (χ1n) is 5.33. The van der Waals surface area contributed by atoms with Gasteiger partial charge in [0.2, 0.25) is 5.56 Å². The van der Waals surface area contributed by atoms with E-state index in [2.05, 4.69) is 9.71 Å². The van der Waals surface area contributed by atoms with Crippen molar-refractivity contribution in [3.8, 4) is 0 Å². The molecule has 0 aliphatic rings. The maximum atomic E-state index is 11.4. The fraction of sp³-hybridized carbons (Fsp3) is 0.545. The van der Waals surface area contributed by atoms with Crippen LogP contribution in [0.3, 0.4) is 0 Å². The summed E-state index contributed by atoms with van der Waals surface area (Å²) >= 11 is -0.992. The van der Waals surface area contributed by atoms with Crippen molar-refractivity contribution in [2.75, 3.05) is 6.54 Å². The van der Waals surface area contributed by atoms with Gasteiger partial charge in [-0.1, -0.05) is 0 Å². The summed E-state index contributed by atoms with van der Waals surface area (Å²) in [6.07, 6.45) is 0.712. The van der Waals surface area contributed by atoms with Crippen LogP contribution in [0.15, 0.2) is 16.9 Å². The highest BCUT2D eigenvalue weighted by molar-refractivity contribution is 7.90. The Morgan fingerprint density at radius 3 is 2.75 bits per heavy atom. The lowest BCUT2D eigenvalue weighted by Crippen LogP contribution is -2.32. The quantitative estimate of drug-likeness (QED) is 0.753. The molecule has 4 nitrogen and oxygen atoms in total. The molecule has 5 heteroatoms. The van der Waals surface area contributed by atoms with Gasteiger partial charge in [0.15, 0.2) is 0 Å². The van der Waals surface area contributed by atoms with E-state index in [-0.39, 0.29) is 10.8 Å². The normalized spacial score (nSPS) is 13.1. The molecule has 0 saturated carbocycles. The second-order valence-corrected chi connectivity index (χ2v) is 5.85. The molecular weight excluding hydrogens is 224 g/mol. The Kier molecular flexibility index (Phi) is 5.05. The molecule has 0 fully saturated rings. The zero-order valence-corrected chi connectivity index (χ0v) is 10.7. The SMILES string of the molecule is Cc1cc(CCN[S+]([O-])C(C)C)cc(=O)[nH]1. The van der Waals surface area contributed by atoms with Crippen LogP contribution >= 0.6 is 0 Å². The number of aromatic amines is 1. The third-order valence-corrected chi connectivity index (χ3v) is 3.47. The summed E-state index contributed by atoms with van der Waals surface area (Å²) in [7, 11) is 0. The lowest BCUT2D eigenvalue weighted by molar-refractivity contribution is 0.571. The van der Waals surface area contributed by atoms with Crippen LogP contribution in [-0.4, -0.2) is 21.3 Å². The Morgan fingerprint density at radius 2 is 2.19 bits per heavy atom. The van der Waals surface area contributed by atoms with Gasteiger partial charge in [0.1, 0.15) is 5.25 Å². The van der Waals surface area contributed by atoms with Gasteiger partial charge in [-0.3, -0.25) is 4.79 Å². The smallest absolute Gasteiger partial charge is 0.248 e. The third kappa shape index (κ3) is 4.38. The zero-order valence-electron chi connectivity index (χ0n) is 9.87. The van der Waals surface area contributed by atoms with Gasteiger partial charge in [0, 0.05) is 29.7 Å². The highest BCUT2D eigenvalue weighted by atomic mass is 32.2. The summed E-state index contributed by atoms with van der Waals surface area (Å²) in [5.41, 5.74) is 1.74. The minimum atomic E-state index is -0.992. The number of nitrogens with one attached hydrogen (secondary N) is 2. The first kappa shape index (κ1) is 13.3. The van der Waals surface area contributed by atoms with Crippen molar-refractivity contribution in [3.63, 3.8) is 0 Å². The monoisotopic (exact) mass is 242 g/mol. The van der Waals surface area contributed by atoms with Crippen LogP contribution in [0.2, 0.25) is 0 Å². The highest BCUT2D eigenvalue weighted by Crippen LogP contribution is 2.00. The molecule has 1 heterocycles.